The van der Waals surface area contributed by atoms with Crippen molar-refractivity contribution in [2.75, 3.05) is 19.0 Å². The molecule has 1 N–H and O–H groups in total. The van der Waals surface area contributed by atoms with Gasteiger partial charge in [-0.15, -0.1) is 0 Å². The molecule has 7 heteroatoms. The fraction of sp³-hybridized carbons (Fsp3) is 0.111. The summed E-state index contributed by atoms with van der Waals surface area (Å²) in [6.45, 7) is 0. The Morgan fingerprint density at radius 3 is 2.44 bits per heavy atom. The van der Waals surface area contributed by atoms with Crippen molar-refractivity contribution in [1.29, 1.82) is 0 Å². The minimum absolute atomic E-state index is 0.166. The standard InChI is InChI=1S/C18H15Cl2N3OS/c1-23(2)13-6-3-11(4-7-13)9-16-17(24)22-18(25-16)21-12-5-8-14(19)15(20)10-12/h3-10H,1-2H3,(H,21,22,24)/b16-9-. The first-order chi connectivity index (χ1) is 11.9. The highest BCUT2D eigenvalue weighted by Gasteiger charge is 2.23. The maximum atomic E-state index is 12.1. The van der Waals surface area contributed by atoms with Gasteiger partial charge >= 0.3 is 0 Å². The Balaban J connectivity index is 1.79. The van der Waals surface area contributed by atoms with Crippen molar-refractivity contribution >= 4 is 63.5 Å². The zero-order valence-corrected chi connectivity index (χ0v) is 15.9. The van der Waals surface area contributed by atoms with Crippen LogP contribution in [0.15, 0.2) is 52.4 Å². The van der Waals surface area contributed by atoms with Crippen molar-refractivity contribution in [2.45, 2.75) is 0 Å². The largest absolute Gasteiger partial charge is 0.378 e. The van der Waals surface area contributed by atoms with Gasteiger partial charge in [-0.2, -0.15) is 0 Å². The average Bonchev–Trinajstić information content (AvgIpc) is 2.91. The monoisotopic (exact) mass is 391 g/mol. The number of anilines is 1. The highest BCUT2D eigenvalue weighted by Crippen LogP contribution is 2.31. The molecule has 0 radical (unpaired) electrons. The van der Waals surface area contributed by atoms with Crippen LogP contribution in [0.25, 0.3) is 6.08 Å². The summed E-state index contributed by atoms with van der Waals surface area (Å²) >= 11 is 13.2. The summed E-state index contributed by atoms with van der Waals surface area (Å²) in [5.74, 6) is -0.166. The maximum Gasteiger partial charge on any atom is 0.264 e. The number of aliphatic imine (C=N–C) groups is 1. The third kappa shape index (κ3) is 4.37. The lowest BCUT2D eigenvalue weighted by Crippen LogP contribution is -2.19. The van der Waals surface area contributed by atoms with Gasteiger partial charge in [0.2, 0.25) is 0 Å². The van der Waals surface area contributed by atoms with Gasteiger partial charge in [0.15, 0.2) is 5.17 Å². The second-order valence-corrected chi connectivity index (χ2v) is 7.41. The number of benzene rings is 2. The Kier molecular flexibility index (Phi) is 5.37. The number of nitrogens with one attached hydrogen (secondary N) is 1. The molecule has 0 bridgehead atoms. The molecule has 0 aromatic heterocycles. The number of amides is 1. The number of carbonyl (C=O) groups is 1. The number of thioether (sulfide) groups is 1. The number of rotatable bonds is 3. The smallest absolute Gasteiger partial charge is 0.264 e. The molecule has 1 amide bonds. The molecule has 1 aliphatic heterocycles. The van der Waals surface area contributed by atoms with Crippen molar-refractivity contribution < 1.29 is 4.79 Å². The van der Waals surface area contributed by atoms with Crippen molar-refractivity contribution in [3.63, 3.8) is 0 Å². The van der Waals surface area contributed by atoms with Crippen LogP contribution in [0.4, 0.5) is 11.4 Å². The molecule has 0 aliphatic carbocycles. The lowest BCUT2D eigenvalue weighted by molar-refractivity contribution is -0.115. The van der Waals surface area contributed by atoms with Crippen molar-refractivity contribution in [1.82, 2.24) is 5.32 Å². The van der Waals surface area contributed by atoms with Crippen molar-refractivity contribution in [3.05, 3.63) is 63.0 Å². The molecule has 0 spiro atoms. The molecule has 1 saturated heterocycles. The second-order valence-electron chi connectivity index (χ2n) is 5.57. The van der Waals surface area contributed by atoms with Crippen LogP contribution in [-0.2, 0) is 4.79 Å². The summed E-state index contributed by atoms with van der Waals surface area (Å²) in [5.41, 5.74) is 2.69. The summed E-state index contributed by atoms with van der Waals surface area (Å²) in [7, 11) is 3.97. The van der Waals surface area contributed by atoms with Crippen LogP contribution in [0.5, 0.6) is 0 Å². The molecular formula is C18H15Cl2N3OS. The molecule has 0 atom stereocenters. The van der Waals surface area contributed by atoms with Crippen LogP contribution in [0.1, 0.15) is 5.56 Å². The van der Waals surface area contributed by atoms with Crippen LogP contribution in [-0.4, -0.2) is 25.2 Å². The third-order valence-corrected chi connectivity index (χ3v) is 5.14. The third-order valence-electron chi connectivity index (χ3n) is 3.49. The van der Waals surface area contributed by atoms with E-state index in [4.69, 9.17) is 23.2 Å². The molecule has 2 aromatic rings. The minimum atomic E-state index is -0.166. The average molecular weight is 392 g/mol. The minimum Gasteiger partial charge on any atom is -0.378 e. The molecular weight excluding hydrogens is 377 g/mol. The van der Waals surface area contributed by atoms with Gasteiger partial charge in [-0.3, -0.25) is 4.79 Å². The number of hydrogen-bond acceptors (Lipinski definition) is 4. The number of amidine groups is 1. The van der Waals surface area contributed by atoms with E-state index in [1.807, 2.05) is 49.3 Å². The predicted octanol–water partition coefficient (Wildman–Crippen LogP) is 4.95. The Morgan fingerprint density at radius 2 is 1.80 bits per heavy atom. The molecule has 2 aromatic carbocycles. The van der Waals surface area contributed by atoms with Crippen LogP contribution < -0.4 is 10.2 Å². The fourth-order valence-electron chi connectivity index (χ4n) is 2.17. The quantitative estimate of drug-likeness (QED) is 0.752. The van der Waals surface area contributed by atoms with E-state index in [0.717, 1.165) is 11.3 Å². The SMILES string of the molecule is CN(C)c1ccc(/C=C2\SC(=Nc3ccc(Cl)c(Cl)c3)NC2=O)cc1. The fourth-order valence-corrected chi connectivity index (χ4v) is 3.31. The zero-order chi connectivity index (χ0) is 18.0. The summed E-state index contributed by atoms with van der Waals surface area (Å²) in [6.07, 6.45) is 1.84. The molecule has 0 unspecified atom stereocenters. The molecule has 3 rings (SSSR count). The molecule has 128 valence electrons. The summed E-state index contributed by atoms with van der Waals surface area (Å²) in [5, 5.41) is 4.16. The highest BCUT2D eigenvalue weighted by molar-refractivity contribution is 8.18. The number of halogens is 2. The van der Waals surface area contributed by atoms with Gasteiger partial charge in [-0.25, -0.2) is 4.99 Å². The van der Waals surface area contributed by atoms with Gasteiger partial charge in [0, 0.05) is 19.8 Å². The van der Waals surface area contributed by atoms with Crippen LogP contribution >= 0.6 is 35.0 Å². The Hall–Kier alpha value is -1.95. The van der Waals surface area contributed by atoms with E-state index in [2.05, 4.69) is 10.3 Å². The van der Waals surface area contributed by atoms with E-state index < -0.39 is 0 Å². The molecule has 4 nitrogen and oxygen atoms in total. The maximum absolute atomic E-state index is 12.1. The van der Waals surface area contributed by atoms with Gasteiger partial charge in [0.25, 0.3) is 5.91 Å². The van der Waals surface area contributed by atoms with Gasteiger partial charge in [-0.1, -0.05) is 35.3 Å². The number of hydrogen-bond donors (Lipinski definition) is 1. The molecule has 0 saturated carbocycles. The van der Waals surface area contributed by atoms with Gasteiger partial charge in [0.1, 0.15) is 0 Å². The van der Waals surface area contributed by atoms with Crippen molar-refractivity contribution in [3.8, 4) is 0 Å². The van der Waals surface area contributed by atoms with Crippen LogP contribution in [0.3, 0.4) is 0 Å². The van der Waals surface area contributed by atoms with Crippen molar-refractivity contribution in [2.24, 2.45) is 4.99 Å². The summed E-state index contributed by atoms with van der Waals surface area (Å²) in [4.78, 5) is 19.2. The number of carbonyl (C=O) groups excluding carboxylic acids is 1. The lowest BCUT2D eigenvalue weighted by atomic mass is 10.2. The highest BCUT2D eigenvalue weighted by atomic mass is 35.5. The van der Waals surface area contributed by atoms with E-state index in [1.165, 1.54) is 11.8 Å². The first-order valence-corrected chi connectivity index (χ1v) is 9.01. The predicted molar refractivity (Wildman–Crippen MR) is 108 cm³/mol. The Morgan fingerprint density at radius 1 is 1.08 bits per heavy atom. The van der Waals surface area contributed by atoms with Crippen LogP contribution in [0, 0.1) is 0 Å². The Bertz CT molecular complexity index is 876. The van der Waals surface area contributed by atoms with E-state index >= 15 is 0 Å². The number of nitrogens with zero attached hydrogens (tertiary/aromatic N) is 2. The van der Waals surface area contributed by atoms with Crippen LogP contribution in [0.2, 0.25) is 10.0 Å². The van der Waals surface area contributed by atoms with E-state index in [9.17, 15) is 4.79 Å². The molecule has 1 fully saturated rings. The molecule has 25 heavy (non-hydrogen) atoms. The first kappa shape index (κ1) is 17.9. The summed E-state index contributed by atoms with van der Waals surface area (Å²) < 4.78 is 0. The normalized spacial score (nSPS) is 17.2. The van der Waals surface area contributed by atoms with E-state index in [-0.39, 0.29) is 5.91 Å². The molecule has 1 heterocycles. The lowest BCUT2D eigenvalue weighted by Gasteiger charge is -2.11. The Labute approximate surface area is 160 Å². The summed E-state index contributed by atoms with van der Waals surface area (Å²) in [6, 6.07) is 13.0. The topological polar surface area (TPSA) is 44.7 Å². The first-order valence-electron chi connectivity index (χ1n) is 7.44. The van der Waals surface area contributed by atoms with E-state index in [1.54, 1.807) is 18.2 Å². The molecule has 1 aliphatic rings. The van der Waals surface area contributed by atoms with Gasteiger partial charge in [-0.05, 0) is 53.7 Å². The zero-order valence-electron chi connectivity index (χ0n) is 13.6. The van der Waals surface area contributed by atoms with Gasteiger partial charge in [0.05, 0.1) is 20.6 Å². The van der Waals surface area contributed by atoms with E-state index in [0.29, 0.717) is 25.8 Å². The van der Waals surface area contributed by atoms with Gasteiger partial charge < -0.3 is 10.2 Å². The second kappa shape index (κ2) is 7.52.